The summed E-state index contributed by atoms with van der Waals surface area (Å²) in [5.74, 6) is -3.03. The van der Waals surface area contributed by atoms with Crippen LogP contribution in [0.15, 0.2) is 12.1 Å². The molecule has 2 rings (SSSR count). The van der Waals surface area contributed by atoms with Gasteiger partial charge in [0.15, 0.2) is 0 Å². The van der Waals surface area contributed by atoms with Crippen LogP contribution in [0, 0.1) is 18.6 Å². The number of ether oxygens (including phenoxy) is 1. The van der Waals surface area contributed by atoms with Crippen LogP contribution in [-0.2, 0) is 9.53 Å². The topological polar surface area (TPSA) is 46.6 Å². The molecule has 1 amide bonds. The molecule has 31 heavy (non-hydrogen) atoms. The van der Waals surface area contributed by atoms with Crippen molar-refractivity contribution in [3.8, 4) is 0 Å². The van der Waals surface area contributed by atoms with Gasteiger partial charge in [-0.15, -0.1) is 0 Å². The molecule has 1 atom stereocenters. The van der Waals surface area contributed by atoms with E-state index in [0.29, 0.717) is 26.0 Å². The molecule has 1 aliphatic heterocycles. The van der Waals surface area contributed by atoms with E-state index in [1.54, 1.807) is 0 Å². The molecule has 6 heteroatoms. The molecule has 0 aliphatic carbocycles. The second-order valence-corrected chi connectivity index (χ2v) is 8.56. The normalized spacial score (nSPS) is 16.0. The van der Waals surface area contributed by atoms with E-state index in [1.807, 2.05) is 0 Å². The third-order valence-corrected chi connectivity index (χ3v) is 6.03. The molecule has 1 aromatic carbocycles. The molecule has 1 unspecified atom stereocenters. The number of carbonyl (C=O) groups excluding carboxylic acids is 2. The predicted octanol–water partition coefficient (Wildman–Crippen LogP) is 6.34. The van der Waals surface area contributed by atoms with Crippen molar-refractivity contribution >= 4 is 11.9 Å². The van der Waals surface area contributed by atoms with Gasteiger partial charge < -0.3 is 9.64 Å². The number of benzene rings is 1. The van der Waals surface area contributed by atoms with E-state index in [9.17, 15) is 18.4 Å². The average molecular weight is 438 g/mol. The summed E-state index contributed by atoms with van der Waals surface area (Å²) in [7, 11) is 0. The maximum absolute atomic E-state index is 14.3. The second-order valence-electron chi connectivity index (χ2n) is 8.56. The summed E-state index contributed by atoms with van der Waals surface area (Å²) in [4.78, 5) is 26.5. The second kappa shape index (κ2) is 13.4. The number of aryl methyl sites for hydroxylation is 1. The SMILES string of the molecule is CCCCCCCCCCCCOC(=O)C1CCCN1C(=O)c1c(F)ccc(C)c1F. The molecular formula is C25H37F2NO3. The molecule has 4 nitrogen and oxygen atoms in total. The number of rotatable bonds is 13. The minimum atomic E-state index is -0.905. The Morgan fingerprint density at radius 2 is 1.61 bits per heavy atom. The summed E-state index contributed by atoms with van der Waals surface area (Å²) in [5, 5.41) is 0. The Hall–Kier alpha value is -1.98. The number of unbranched alkanes of at least 4 members (excludes halogenated alkanes) is 9. The zero-order valence-electron chi connectivity index (χ0n) is 19.1. The molecule has 1 saturated heterocycles. The minimum Gasteiger partial charge on any atom is -0.464 e. The first-order valence-corrected chi connectivity index (χ1v) is 11.9. The Labute approximate surface area is 185 Å². The van der Waals surface area contributed by atoms with Gasteiger partial charge in [-0.25, -0.2) is 13.6 Å². The van der Waals surface area contributed by atoms with Crippen LogP contribution in [0.4, 0.5) is 8.78 Å². The first kappa shape index (κ1) is 25.3. The van der Waals surface area contributed by atoms with Crippen molar-refractivity contribution in [1.82, 2.24) is 4.90 Å². The van der Waals surface area contributed by atoms with Gasteiger partial charge in [-0.05, 0) is 37.8 Å². The molecule has 1 heterocycles. The first-order chi connectivity index (χ1) is 15.0. The predicted molar refractivity (Wildman–Crippen MR) is 118 cm³/mol. The Kier molecular flexibility index (Phi) is 11.0. The molecule has 1 aromatic rings. The molecular weight excluding hydrogens is 400 g/mol. The van der Waals surface area contributed by atoms with Crippen molar-refractivity contribution in [3.05, 3.63) is 34.9 Å². The maximum atomic E-state index is 14.3. The van der Waals surface area contributed by atoms with Crippen molar-refractivity contribution in [2.24, 2.45) is 0 Å². The van der Waals surface area contributed by atoms with Crippen LogP contribution in [0.2, 0.25) is 0 Å². The van der Waals surface area contributed by atoms with Crippen LogP contribution in [0.1, 0.15) is 99.9 Å². The summed E-state index contributed by atoms with van der Waals surface area (Å²) >= 11 is 0. The first-order valence-electron chi connectivity index (χ1n) is 11.9. The van der Waals surface area contributed by atoms with Gasteiger partial charge in [-0.3, -0.25) is 4.79 Å². The van der Waals surface area contributed by atoms with Crippen molar-refractivity contribution < 1.29 is 23.1 Å². The highest BCUT2D eigenvalue weighted by molar-refractivity contribution is 5.97. The van der Waals surface area contributed by atoms with E-state index in [-0.39, 0.29) is 5.56 Å². The van der Waals surface area contributed by atoms with Crippen molar-refractivity contribution in [3.63, 3.8) is 0 Å². The third kappa shape index (κ3) is 7.58. The highest BCUT2D eigenvalue weighted by Gasteiger charge is 2.37. The van der Waals surface area contributed by atoms with E-state index in [4.69, 9.17) is 4.74 Å². The van der Waals surface area contributed by atoms with Gasteiger partial charge in [-0.2, -0.15) is 0 Å². The lowest BCUT2D eigenvalue weighted by Crippen LogP contribution is -2.42. The Morgan fingerprint density at radius 1 is 1.00 bits per heavy atom. The zero-order valence-corrected chi connectivity index (χ0v) is 19.1. The molecule has 1 fully saturated rings. The van der Waals surface area contributed by atoms with E-state index in [1.165, 1.54) is 62.8 Å². The number of amides is 1. The molecule has 0 radical (unpaired) electrons. The lowest BCUT2D eigenvalue weighted by molar-refractivity contribution is -0.148. The van der Waals surface area contributed by atoms with Gasteiger partial charge in [0.1, 0.15) is 23.2 Å². The highest BCUT2D eigenvalue weighted by atomic mass is 19.1. The van der Waals surface area contributed by atoms with Crippen molar-refractivity contribution in [2.45, 2.75) is 96.9 Å². The summed E-state index contributed by atoms with van der Waals surface area (Å²) in [6.45, 7) is 4.32. The number of nitrogens with zero attached hydrogens (tertiary/aromatic N) is 1. The van der Waals surface area contributed by atoms with Crippen molar-refractivity contribution in [1.29, 1.82) is 0 Å². The van der Waals surface area contributed by atoms with Crippen LogP contribution < -0.4 is 0 Å². The summed E-state index contributed by atoms with van der Waals surface area (Å²) in [5.41, 5.74) is -0.390. The Bertz CT molecular complexity index is 723. The van der Waals surface area contributed by atoms with E-state index in [0.717, 1.165) is 25.3 Å². The van der Waals surface area contributed by atoms with Gasteiger partial charge >= 0.3 is 5.97 Å². The van der Waals surface area contributed by atoms with Gasteiger partial charge in [0, 0.05) is 6.54 Å². The molecule has 1 aliphatic rings. The quantitative estimate of drug-likeness (QED) is 0.267. The van der Waals surface area contributed by atoms with Gasteiger partial charge in [0.25, 0.3) is 5.91 Å². The fourth-order valence-corrected chi connectivity index (χ4v) is 4.11. The fourth-order valence-electron chi connectivity index (χ4n) is 4.11. The van der Waals surface area contributed by atoms with Gasteiger partial charge in [-0.1, -0.05) is 70.8 Å². The monoisotopic (exact) mass is 437 g/mol. The van der Waals surface area contributed by atoms with Gasteiger partial charge in [0.05, 0.1) is 6.61 Å². The Balaban J connectivity index is 1.71. The van der Waals surface area contributed by atoms with E-state index in [2.05, 4.69) is 6.92 Å². The van der Waals surface area contributed by atoms with Crippen LogP contribution in [-0.4, -0.2) is 36.0 Å². The smallest absolute Gasteiger partial charge is 0.328 e. The number of hydrogen-bond acceptors (Lipinski definition) is 3. The molecule has 0 spiro atoms. The third-order valence-electron chi connectivity index (χ3n) is 6.03. The van der Waals surface area contributed by atoms with Crippen LogP contribution in [0.5, 0.6) is 0 Å². The van der Waals surface area contributed by atoms with Crippen molar-refractivity contribution in [2.75, 3.05) is 13.2 Å². The summed E-state index contributed by atoms with van der Waals surface area (Å²) in [6, 6.07) is 1.61. The molecule has 0 N–H and O–H groups in total. The van der Waals surface area contributed by atoms with Gasteiger partial charge in [0.2, 0.25) is 0 Å². The lowest BCUT2D eigenvalue weighted by atomic mass is 10.1. The van der Waals surface area contributed by atoms with Crippen LogP contribution in [0.25, 0.3) is 0 Å². The number of halogens is 2. The minimum absolute atomic E-state index is 0.198. The van der Waals surface area contributed by atoms with E-state index >= 15 is 0 Å². The zero-order chi connectivity index (χ0) is 22.6. The summed E-state index contributed by atoms with van der Waals surface area (Å²) < 4.78 is 33.8. The molecule has 0 aromatic heterocycles. The number of carbonyl (C=O) groups is 2. The fraction of sp³-hybridized carbons (Fsp3) is 0.680. The Morgan fingerprint density at radius 3 is 2.26 bits per heavy atom. The maximum Gasteiger partial charge on any atom is 0.328 e. The average Bonchev–Trinajstić information content (AvgIpc) is 3.25. The summed E-state index contributed by atoms with van der Waals surface area (Å²) in [6.07, 6.45) is 13.0. The molecule has 0 saturated carbocycles. The molecule has 0 bridgehead atoms. The number of likely N-dealkylation sites (tertiary alicyclic amines) is 1. The van der Waals surface area contributed by atoms with Crippen LogP contribution >= 0.6 is 0 Å². The van der Waals surface area contributed by atoms with Crippen LogP contribution in [0.3, 0.4) is 0 Å². The number of hydrogen-bond donors (Lipinski definition) is 0. The van der Waals surface area contributed by atoms with E-state index < -0.39 is 35.1 Å². The molecule has 174 valence electrons. The standard InChI is InChI=1S/C25H37F2NO3/c1-3-4-5-6-7-8-9-10-11-12-18-31-25(30)21-14-13-17-28(21)24(29)22-20(26)16-15-19(2)23(22)27/h15-16,21H,3-14,17-18H2,1-2H3. The number of esters is 1. The lowest BCUT2D eigenvalue weighted by Gasteiger charge is -2.24. The largest absolute Gasteiger partial charge is 0.464 e. The highest BCUT2D eigenvalue weighted by Crippen LogP contribution is 2.25.